The van der Waals surface area contributed by atoms with Gasteiger partial charge in [0.25, 0.3) is 0 Å². The Morgan fingerprint density at radius 1 is 1.29 bits per heavy atom. The van der Waals surface area contributed by atoms with Gasteiger partial charge in [-0.15, -0.1) is 0 Å². The molecule has 1 saturated heterocycles. The van der Waals surface area contributed by atoms with Crippen LogP contribution in [0.15, 0.2) is 0 Å². The molecule has 0 aromatic heterocycles. The van der Waals surface area contributed by atoms with Crippen LogP contribution in [-0.2, 0) is 9.53 Å². The highest BCUT2D eigenvalue weighted by Gasteiger charge is 2.30. The van der Waals surface area contributed by atoms with Crippen molar-refractivity contribution in [2.45, 2.75) is 57.5 Å². The predicted octanol–water partition coefficient (Wildman–Crippen LogP) is 1.84. The minimum Gasteiger partial charge on any atom is -0.481 e. The van der Waals surface area contributed by atoms with E-state index in [9.17, 15) is 9.59 Å². The minimum absolute atomic E-state index is 0.0604. The van der Waals surface area contributed by atoms with Crippen molar-refractivity contribution in [3.05, 3.63) is 0 Å². The quantitative estimate of drug-likeness (QED) is 0.779. The van der Waals surface area contributed by atoms with Gasteiger partial charge in [-0.3, -0.25) is 4.79 Å². The number of hydrogen-bond donors (Lipinski definition) is 2. The molecule has 0 radical (unpaired) electrons. The second-order valence-electron chi connectivity index (χ2n) is 6.28. The molecule has 2 fully saturated rings. The van der Waals surface area contributed by atoms with Crippen LogP contribution in [0.25, 0.3) is 0 Å². The summed E-state index contributed by atoms with van der Waals surface area (Å²) in [7, 11) is 0. The normalized spacial score (nSPS) is 30.5. The maximum absolute atomic E-state index is 12.4. The molecular weight excluding hydrogens is 272 g/mol. The molecule has 2 aliphatic rings. The Labute approximate surface area is 125 Å². The van der Waals surface area contributed by atoms with Crippen molar-refractivity contribution < 1.29 is 19.4 Å². The van der Waals surface area contributed by atoms with Crippen LogP contribution in [0.5, 0.6) is 0 Å². The van der Waals surface area contributed by atoms with Crippen molar-refractivity contribution in [2.75, 3.05) is 19.8 Å². The molecule has 6 heteroatoms. The van der Waals surface area contributed by atoms with E-state index in [1.54, 1.807) is 4.90 Å². The van der Waals surface area contributed by atoms with E-state index in [1.165, 1.54) is 6.42 Å². The summed E-state index contributed by atoms with van der Waals surface area (Å²) in [5.41, 5.74) is 0. The first-order valence-electron chi connectivity index (χ1n) is 7.93. The highest BCUT2D eigenvalue weighted by atomic mass is 16.5. The van der Waals surface area contributed by atoms with Gasteiger partial charge in [0, 0.05) is 12.6 Å². The molecule has 0 bridgehead atoms. The van der Waals surface area contributed by atoms with Gasteiger partial charge in [0.05, 0.1) is 25.7 Å². The van der Waals surface area contributed by atoms with E-state index in [-0.39, 0.29) is 24.5 Å². The molecule has 0 aromatic carbocycles. The number of carbonyl (C=O) groups excluding carboxylic acids is 1. The molecule has 120 valence electrons. The molecule has 0 spiro atoms. The monoisotopic (exact) mass is 298 g/mol. The molecule has 0 aromatic rings. The fourth-order valence-corrected chi connectivity index (χ4v) is 3.18. The van der Waals surface area contributed by atoms with Gasteiger partial charge in [-0.05, 0) is 25.2 Å². The van der Waals surface area contributed by atoms with Crippen LogP contribution >= 0.6 is 0 Å². The van der Waals surface area contributed by atoms with Crippen molar-refractivity contribution in [1.29, 1.82) is 0 Å². The second kappa shape index (κ2) is 7.64. The summed E-state index contributed by atoms with van der Waals surface area (Å²) in [6, 6.07) is -0.277. The average Bonchev–Trinajstić information content (AvgIpc) is 2.63. The van der Waals surface area contributed by atoms with Crippen molar-refractivity contribution in [3.63, 3.8) is 0 Å². The number of urea groups is 1. The van der Waals surface area contributed by atoms with E-state index in [1.807, 2.05) is 0 Å². The van der Waals surface area contributed by atoms with Crippen LogP contribution < -0.4 is 5.32 Å². The third-order valence-electron chi connectivity index (χ3n) is 4.48. The van der Waals surface area contributed by atoms with Gasteiger partial charge in [-0.25, -0.2) is 4.79 Å². The third kappa shape index (κ3) is 4.88. The van der Waals surface area contributed by atoms with Gasteiger partial charge in [0.1, 0.15) is 0 Å². The molecule has 1 aliphatic heterocycles. The maximum Gasteiger partial charge on any atom is 0.318 e. The molecule has 1 heterocycles. The lowest BCUT2D eigenvalue weighted by Crippen LogP contribution is -2.54. The fraction of sp³-hybridized carbons (Fsp3) is 0.867. The Morgan fingerprint density at radius 2 is 2.10 bits per heavy atom. The van der Waals surface area contributed by atoms with Crippen LogP contribution in [0.2, 0.25) is 0 Å². The number of amides is 2. The number of carboxylic acid groups (broad SMARTS) is 1. The number of nitrogens with zero attached hydrogens (tertiary/aromatic N) is 1. The smallest absolute Gasteiger partial charge is 0.318 e. The van der Waals surface area contributed by atoms with Crippen molar-refractivity contribution in [1.82, 2.24) is 10.2 Å². The summed E-state index contributed by atoms with van der Waals surface area (Å²) in [5, 5.41) is 12.0. The lowest BCUT2D eigenvalue weighted by Gasteiger charge is -2.35. The van der Waals surface area contributed by atoms with E-state index >= 15 is 0 Å². The fourth-order valence-electron chi connectivity index (χ4n) is 3.18. The van der Waals surface area contributed by atoms with Crippen LogP contribution in [0.3, 0.4) is 0 Å². The predicted molar refractivity (Wildman–Crippen MR) is 78.1 cm³/mol. The lowest BCUT2D eigenvalue weighted by molar-refractivity contribution is -0.139. The molecule has 1 aliphatic carbocycles. The van der Waals surface area contributed by atoms with E-state index in [0.29, 0.717) is 19.8 Å². The van der Waals surface area contributed by atoms with Gasteiger partial charge < -0.3 is 20.1 Å². The number of carboxylic acids is 1. The summed E-state index contributed by atoms with van der Waals surface area (Å²) in [6.07, 6.45) is 5.49. The van der Waals surface area contributed by atoms with Crippen LogP contribution in [0, 0.1) is 5.92 Å². The summed E-state index contributed by atoms with van der Waals surface area (Å²) in [6.45, 7) is 3.51. The molecule has 3 unspecified atom stereocenters. The Morgan fingerprint density at radius 3 is 2.86 bits per heavy atom. The van der Waals surface area contributed by atoms with Gasteiger partial charge in [-0.1, -0.05) is 19.8 Å². The average molecular weight is 298 g/mol. The van der Waals surface area contributed by atoms with Gasteiger partial charge >= 0.3 is 12.0 Å². The summed E-state index contributed by atoms with van der Waals surface area (Å²) < 4.78 is 5.30. The number of ether oxygens (including phenoxy) is 1. The number of hydrogen-bond acceptors (Lipinski definition) is 3. The molecule has 3 atom stereocenters. The molecule has 6 nitrogen and oxygen atoms in total. The highest BCUT2D eigenvalue weighted by Crippen LogP contribution is 2.23. The van der Waals surface area contributed by atoms with Gasteiger partial charge in [0.15, 0.2) is 0 Å². The Bertz CT molecular complexity index is 375. The third-order valence-corrected chi connectivity index (χ3v) is 4.48. The highest BCUT2D eigenvalue weighted by molar-refractivity contribution is 5.76. The van der Waals surface area contributed by atoms with Crippen molar-refractivity contribution >= 4 is 12.0 Å². The van der Waals surface area contributed by atoms with E-state index in [2.05, 4.69) is 12.2 Å². The number of rotatable bonds is 3. The summed E-state index contributed by atoms with van der Waals surface area (Å²) in [5.74, 6) is -0.165. The molecule has 21 heavy (non-hydrogen) atoms. The van der Waals surface area contributed by atoms with Crippen molar-refractivity contribution in [3.8, 4) is 0 Å². The second-order valence-corrected chi connectivity index (χ2v) is 6.28. The van der Waals surface area contributed by atoms with Crippen LogP contribution in [-0.4, -0.2) is 53.8 Å². The zero-order valence-corrected chi connectivity index (χ0v) is 12.7. The van der Waals surface area contributed by atoms with E-state index in [4.69, 9.17) is 9.84 Å². The molecule has 2 N–H and O–H groups in total. The SMILES string of the molecule is CC1CCCC(NC(=O)N2CCOCC2CC(=O)O)CC1. The minimum atomic E-state index is -0.897. The van der Waals surface area contributed by atoms with Crippen LogP contribution in [0.1, 0.15) is 45.4 Å². The molecule has 1 saturated carbocycles. The first-order chi connectivity index (χ1) is 10.1. The van der Waals surface area contributed by atoms with Gasteiger partial charge in [-0.2, -0.15) is 0 Å². The largest absolute Gasteiger partial charge is 0.481 e. The Balaban J connectivity index is 1.89. The Hall–Kier alpha value is -1.30. The van der Waals surface area contributed by atoms with E-state index < -0.39 is 5.97 Å². The first-order valence-corrected chi connectivity index (χ1v) is 7.93. The topological polar surface area (TPSA) is 78.9 Å². The molecule has 2 amide bonds. The zero-order valence-electron chi connectivity index (χ0n) is 12.7. The van der Waals surface area contributed by atoms with Gasteiger partial charge in [0.2, 0.25) is 0 Å². The number of aliphatic carboxylic acids is 1. The number of morpholine rings is 1. The summed E-state index contributed by atoms with van der Waals surface area (Å²) >= 11 is 0. The first kappa shape index (κ1) is 16.1. The molecule has 2 rings (SSSR count). The number of nitrogens with one attached hydrogen (secondary N) is 1. The van der Waals surface area contributed by atoms with Crippen molar-refractivity contribution in [2.24, 2.45) is 5.92 Å². The van der Waals surface area contributed by atoms with E-state index in [0.717, 1.165) is 31.6 Å². The molecular formula is C15H26N2O4. The Kier molecular flexibility index (Phi) is 5.85. The maximum atomic E-state index is 12.4. The van der Waals surface area contributed by atoms with Crippen LogP contribution in [0.4, 0.5) is 4.79 Å². The zero-order chi connectivity index (χ0) is 15.2. The lowest BCUT2D eigenvalue weighted by atomic mass is 10.0. The number of carbonyl (C=O) groups is 2. The standard InChI is InChI=1S/C15H26N2O4/c1-11-3-2-4-12(6-5-11)16-15(20)17-7-8-21-10-13(17)9-14(18)19/h11-13H,2-10H2,1H3,(H,16,20)(H,18,19). The summed E-state index contributed by atoms with van der Waals surface area (Å²) in [4.78, 5) is 24.9.